The topological polar surface area (TPSA) is 72.8 Å². The fourth-order valence-electron chi connectivity index (χ4n) is 1.89. The molecule has 1 N–H and O–H groups in total. The molecule has 0 radical (unpaired) electrons. The van der Waals surface area contributed by atoms with Gasteiger partial charge in [0.25, 0.3) is 0 Å². The number of methoxy groups -OCH3 is 1. The van der Waals surface area contributed by atoms with Gasteiger partial charge in [-0.05, 0) is 6.92 Å². The smallest absolute Gasteiger partial charge is 0.309 e. The van der Waals surface area contributed by atoms with Crippen LogP contribution in [-0.4, -0.2) is 42.3 Å². The van der Waals surface area contributed by atoms with E-state index in [4.69, 9.17) is 9.47 Å². The molecule has 1 aliphatic rings. The molecule has 0 aromatic carbocycles. The second-order valence-electron chi connectivity index (χ2n) is 4.54. The molecule has 1 aliphatic heterocycles. The number of rotatable bonds is 1. The number of cyclic esters (lactones) is 1. The molecular formula is C13H20O5. The molecule has 0 amide bonds. The molecule has 0 bridgehead atoms. The third-order valence-corrected chi connectivity index (χ3v) is 2.80. The lowest BCUT2D eigenvalue weighted by Gasteiger charge is -2.20. The minimum absolute atomic E-state index is 0.0457. The quantitative estimate of drug-likeness (QED) is 0.559. The number of ether oxygens (including phenoxy) is 2. The zero-order valence-electron chi connectivity index (χ0n) is 10.8. The van der Waals surface area contributed by atoms with Crippen molar-refractivity contribution in [2.75, 3.05) is 7.11 Å². The standard InChI is InChI=1S/C13H20O5/c1-9-6-12(17-2)7-10(14)4-3-5-11(15)8-13(16)18-9/h3,5,9,11-12,15H,4,6-8H2,1-2H3/t9-,11-,12-/m1/s1. The number of aliphatic hydroxyl groups excluding tert-OH is 1. The van der Waals surface area contributed by atoms with Gasteiger partial charge in [0.1, 0.15) is 11.9 Å². The average Bonchev–Trinajstić information content (AvgIpc) is 2.26. The van der Waals surface area contributed by atoms with E-state index < -0.39 is 12.1 Å². The normalized spacial score (nSPS) is 31.4. The molecule has 0 spiro atoms. The molecule has 102 valence electrons. The molecule has 5 nitrogen and oxygen atoms in total. The number of ketones is 1. The molecule has 1 heterocycles. The third-order valence-electron chi connectivity index (χ3n) is 2.80. The van der Waals surface area contributed by atoms with Crippen LogP contribution in [-0.2, 0) is 19.1 Å². The summed E-state index contributed by atoms with van der Waals surface area (Å²) in [5.41, 5.74) is 0. The lowest BCUT2D eigenvalue weighted by molar-refractivity contribution is -0.151. The first-order valence-corrected chi connectivity index (χ1v) is 6.10. The predicted octanol–water partition coefficient (Wildman–Crippen LogP) is 0.993. The van der Waals surface area contributed by atoms with E-state index in [1.165, 1.54) is 13.2 Å². The lowest BCUT2D eigenvalue weighted by atomic mass is 10.0. The average molecular weight is 256 g/mol. The summed E-state index contributed by atoms with van der Waals surface area (Å²) in [5.74, 6) is -0.397. The van der Waals surface area contributed by atoms with Crippen LogP contribution in [0.3, 0.4) is 0 Å². The molecule has 18 heavy (non-hydrogen) atoms. The van der Waals surface area contributed by atoms with Crippen LogP contribution in [0.2, 0.25) is 0 Å². The Morgan fingerprint density at radius 3 is 2.78 bits per heavy atom. The number of carbonyl (C=O) groups is 2. The highest BCUT2D eigenvalue weighted by atomic mass is 16.5. The molecule has 1 rings (SSSR count). The molecule has 0 saturated heterocycles. The lowest BCUT2D eigenvalue weighted by Crippen LogP contribution is -2.26. The first-order chi connectivity index (χ1) is 8.51. The van der Waals surface area contributed by atoms with Gasteiger partial charge < -0.3 is 14.6 Å². The minimum Gasteiger partial charge on any atom is -0.462 e. The van der Waals surface area contributed by atoms with E-state index >= 15 is 0 Å². The van der Waals surface area contributed by atoms with Gasteiger partial charge in [0.05, 0.1) is 18.6 Å². The Kier molecular flexibility index (Phi) is 6.01. The maximum absolute atomic E-state index is 11.6. The summed E-state index contributed by atoms with van der Waals surface area (Å²) in [6.45, 7) is 1.75. The Hall–Kier alpha value is -1.20. The fourth-order valence-corrected chi connectivity index (χ4v) is 1.89. The maximum atomic E-state index is 11.6. The van der Waals surface area contributed by atoms with E-state index in [1.54, 1.807) is 13.0 Å². The second kappa shape index (κ2) is 7.28. The number of aliphatic hydroxyl groups is 1. The highest BCUT2D eigenvalue weighted by Crippen LogP contribution is 2.13. The summed E-state index contributed by atoms with van der Waals surface area (Å²) in [5, 5.41) is 9.51. The van der Waals surface area contributed by atoms with Crippen molar-refractivity contribution in [1.82, 2.24) is 0 Å². The highest BCUT2D eigenvalue weighted by Gasteiger charge is 2.20. The van der Waals surface area contributed by atoms with E-state index in [2.05, 4.69) is 0 Å². The van der Waals surface area contributed by atoms with Gasteiger partial charge in [-0.25, -0.2) is 0 Å². The SMILES string of the molecule is CO[C@H]1CC(=O)CC=C[C@@H](O)CC(=O)O[C@H](C)C1. The van der Waals surface area contributed by atoms with Crippen LogP contribution >= 0.6 is 0 Å². The minimum atomic E-state index is -0.893. The predicted molar refractivity (Wildman–Crippen MR) is 65.0 cm³/mol. The Bertz CT molecular complexity index is 323. The largest absolute Gasteiger partial charge is 0.462 e. The summed E-state index contributed by atoms with van der Waals surface area (Å²) in [7, 11) is 1.54. The van der Waals surface area contributed by atoms with Crippen LogP contribution < -0.4 is 0 Å². The summed E-state index contributed by atoms with van der Waals surface area (Å²) in [6, 6.07) is 0. The number of esters is 1. The number of allylic oxidation sites excluding steroid dienone is 1. The van der Waals surface area contributed by atoms with Crippen LogP contribution in [0.4, 0.5) is 0 Å². The van der Waals surface area contributed by atoms with Crippen LogP contribution in [0.15, 0.2) is 12.2 Å². The van der Waals surface area contributed by atoms with Crippen LogP contribution in [0.1, 0.15) is 32.6 Å². The van der Waals surface area contributed by atoms with Gasteiger partial charge >= 0.3 is 5.97 Å². The molecule has 3 atom stereocenters. The summed E-state index contributed by atoms with van der Waals surface area (Å²) < 4.78 is 10.3. The molecule has 0 unspecified atom stereocenters. The van der Waals surface area contributed by atoms with Crippen molar-refractivity contribution >= 4 is 11.8 Å². The number of hydrogen-bond donors (Lipinski definition) is 1. The van der Waals surface area contributed by atoms with Gasteiger partial charge in [0.15, 0.2) is 0 Å². The van der Waals surface area contributed by atoms with E-state index in [-0.39, 0.29) is 30.8 Å². The number of Topliss-reactive ketones (excluding diaryl/α,β-unsaturated/α-hetero) is 1. The van der Waals surface area contributed by atoms with Crippen LogP contribution in [0, 0.1) is 0 Å². The second-order valence-corrected chi connectivity index (χ2v) is 4.54. The highest BCUT2D eigenvalue weighted by molar-refractivity contribution is 5.80. The van der Waals surface area contributed by atoms with Crippen molar-refractivity contribution in [3.63, 3.8) is 0 Å². The summed E-state index contributed by atoms with van der Waals surface area (Å²) in [4.78, 5) is 23.1. The Morgan fingerprint density at radius 1 is 1.39 bits per heavy atom. The zero-order valence-corrected chi connectivity index (χ0v) is 10.8. The Labute approximate surface area is 107 Å². The maximum Gasteiger partial charge on any atom is 0.309 e. The van der Waals surface area contributed by atoms with Gasteiger partial charge in [-0.15, -0.1) is 0 Å². The molecule has 0 saturated carbocycles. The first kappa shape index (κ1) is 14.9. The monoisotopic (exact) mass is 256 g/mol. The van der Waals surface area contributed by atoms with Gasteiger partial charge in [-0.3, -0.25) is 9.59 Å². The number of hydrogen-bond acceptors (Lipinski definition) is 5. The van der Waals surface area contributed by atoms with Crippen LogP contribution in [0.5, 0.6) is 0 Å². The van der Waals surface area contributed by atoms with Crippen molar-refractivity contribution in [3.8, 4) is 0 Å². The van der Waals surface area contributed by atoms with Crippen molar-refractivity contribution in [1.29, 1.82) is 0 Å². The van der Waals surface area contributed by atoms with Gasteiger partial charge in [0.2, 0.25) is 0 Å². The third kappa shape index (κ3) is 5.42. The van der Waals surface area contributed by atoms with Gasteiger partial charge in [-0.2, -0.15) is 0 Å². The number of carbonyl (C=O) groups excluding carboxylic acids is 2. The molecular weight excluding hydrogens is 236 g/mol. The Morgan fingerprint density at radius 2 is 2.11 bits per heavy atom. The summed E-state index contributed by atoms with van der Waals surface area (Å²) in [6.07, 6.45) is 2.50. The van der Waals surface area contributed by atoms with E-state index in [0.717, 1.165) is 0 Å². The van der Waals surface area contributed by atoms with Gasteiger partial charge in [0, 0.05) is 26.4 Å². The van der Waals surface area contributed by atoms with Crippen molar-refractivity contribution in [2.24, 2.45) is 0 Å². The van der Waals surface area contributed by atoms with Gasteiger partial charge in [-0.1, -0.05) is 12.2 Å². The van der Waals surface area contributed by atoms with E-state index in [1.807, 2.05) is 0 Å². The van der Waals surface area contributed by atoms with Crippen molar-refractivity contribution in [2.45, 2.75) is 50.9 Å². The van der Waals surface area contributed by atoms with E-state index in [9.17, 15) is 14.7 Å². The fraction of sp³-hybridized carbons (Fsp3) is 0.692. The molecule has 0 fully saturated rings. The zero-order chi connectivity index (χ0) is 13.5. The Balaban J connectivity index is 2.71. The summed E-state index contributed by atoms with van der Waals surface area (Å²) >= 11 is 0. The van der Waals surface area contributed by atoms with Crippen molar-refractivity contribution in [3.05, 3.63) is 12.2 Å². The first-order valence-electron chi connectivity index (χ1n) is 6.10. The molecule has 5 heteroatoms. The van der Waals surface area contributed by atoms with E-state index in [0.29, 0.717) is 12.8 Å². The van der Waals surface area contributed by atoms with Crippen LogP contribution in [0.25, 0.3) is 0 Å². The molecule has 0 aromatic rings. The van der Waals surface area contributed by atoms with Crippen molar-refractivity contribution < 1.29 is 24.2 Å². The molecule has 0 aromatic heterocycles. The molecule has 0 aliphatic carbocycles.